The highest BCUT2D eigenvalue weighted by Crippen LogP contribution is 2.20. The van der Waals surface area contributed by atoms with Crippen LogP contribution in [0.2, 0.25) is 0 Å². The van der Waals surface area contributed by atoms with Crippen molar-refractivity contribution in [1.82, 2.24) is 5.32 Å². The first kappa shape index (κ1) is 13.0. The molecule has 0 aliphatic carbocycles. The molecule has 0 radical (unpaired) electrons. The zero-order valence-corrected chi connectivity index (χ0v) is 10.4. The molecule has 0 amide bonds. The molecule has 1 aliphatic heterocycles. The minimum Gasteiger partial charge on any atom is -0.404 e. The van der Waals surface area contributed by atoms with Crippen LogP contribution in [0.5, 0.6) is 0 Å². The molecule has 1 aromatic rings. The standard InChI is InChI=1S/C12H18N2O4/c1-9(10-4-6-17-7-5-10)13-8-11-2-3-12(18-11)14(15)16/h2-3,9-10,13H,4-8H2,1H3. The SMILES string of the molecule is CC(NCc1ccc([N+](=O)[O-])o1)C1CCOCC1. The van der Waals surface area contributed by atoms with Crippen molar-refractivity contribution in [2.75, 3.05) is 13.2 Å². The summed E-state index contributed by atoms with van der Waals surface area (Å²) in [4.78, 5) is 9.95. The van der Waals surface area contributed by atoms with Crippen molar-refractivity contribution in [3.05, 3.63) is 28.0 Å². The molecule has 18 heavy (non-hydrogen) atoms. The highest BCUT2D eigenvalue weighted by atomic mass is 16.6. The molecule has 2 rings (SSSR count). The van der Waals surface area contributed by atoms with E-state index in [-0.39, 0.29) is 5.88 Å². The lowest BCUT2D eigenvalue weighted by molar-refractivity contribution is -0.402. The Morgan fingerprint density at radius 1 is 1.50 bits per heavy atom. The van der Waals surface area contributed by atoms with Gasteiger partial charge >= 0.3 is 5.88 Å². The lowest BCUT2D eigenvalue weighted by Gasteiger charge is -2.28. The van der Waals surface area contributed by atoms with Gasteiger partial charge in [-0.25, -0.2) is 0 Å². The Balaban J connectivity index is 1.80. The number of nitro groups is 1. The van der Waals surface area contributed by atoms with Crippen LogP contribution in [0.1, 0.15) is 25.5 Å². The maximum atomic E-state index is 10.5. The van der Waals surface area contributed by atoms with Gasteiger partial charge in [0.15, 0.2) is 0 Å². The largest absolute Gasteiger partial charge is 0.433 e. The maximum Gasteiger partial charge on any atom is 0.433 e. The first-order valence-corrected chi connectivity index (χ1v) is 6.21. The molecule has 1 atom stereocenters. The van der Waals surface area contributed by atoms with Gasteiger partial charge in [0.25, 0.3) is 0 Å². The minimum atomic E-state index is -0.522. The topological polar surface area (TPSA) is 77.5 Å². The third-order valence-corrected chi connectivity index (χ3v) is 3.40. The van der Waals surface area contributed by atoms with E-state index in [0.717, 1.165) is 26.1 Å². The van der Waals surface area contributed by atoms with Gasteiger partial charge in [-0.15, -0.1) is 0 Å². The van der Waals surface area contributed by atoms with E-state index >= 15 is 0 Å². The summed E-state index contributed by atoms with van der Waals surface area (Å²) in [6.45, 7) is 4.30. The van der Waals surface area contributed by atoms with E-state index in [9.17, 15) is 10.1 Å². The van der Waals surface area contributed by atoms with E-state index in [1.807, 2.05) is 0 Å². The number of furan rings is 1. The summed E-state index contributed by atoms with van der Waals surface area (Å²) >= 11 is 0. The summed E-state index contributed by atoms with van der Waals surface area (Å²) in [6, 6.07) is 3.39. The number of hydrogen-bond acceptors (Lipinski definition) is 5. The summed E-state index contributed by atoms with van der Waals surface area (Å²) < 4.78 is 10.4. The highest BCUT2D eigenvalue weighted by Gasteiger charge is 2.20. The molecule has 1 aromatic heterocycles. The lowest BCUT2D eigenvalue weighted by Crippen LogP contribution is -2.36. The average Bonchev–Trinajstić information content (AvgIpc) is 2.86. The molecule has 1 fully saturated rings. The molecule has 2 heterocycles. The fraction of sp³-hybridized carbons (Fsp3) is 0.667. The van der Waals surface area contributed by atoms with E-state index in [4.69, 9.17) is 9.15 Å². The minimum absolute atomic E-state index is 0.203. The van der Waals surface area contributed by atoms with Crippen LogP contribution in [-0.4, -0.2) is 24.2 Å². The van der Waals surface area contributed by atoms with Gasteiger partial charge in [0, 0.05) is 19.3 Å². The van der Waals surface area contributed by atoms with Crippen molar-refractivity contribution in [2.45, 2.75) is 32.4 Å². The summed E-state index contributed by atoms with van der Waals surface area (Å²) in [5.41, 5.74) is 0. The molecular formula is C12H18N2O4. The van der Waals surface area contributed by atoms with Gasteiger partial charge in [-0.05, 0) is 31.7 Å². The van der Waals surface area contributed by atoms with Crippen molar-refractivity contribution in [3.63, 3.8) is 0 Å². The van der Waals surface area contributed by atoms with Gasteiger partial charge in [-0.1, -0.05) is 0 Å². The van der Waals surface area contributed by atoms with Gasteiger partial charge < -0.3 is 14.5 Å². The van der Waals surface area contributed by atoms with E-state index in [1.165, 1.54) is 6.07 Å². The second-order valence-electron chi connectivity index (χ2n) is 4.62. The maximum absolute atomic E-state index is 10.5. The third kappa shape index (κ3) is 3.30. The molecule has 6 nitrogen and oxygen atoms in total. The zero-order valence-electron chi connectivity index (χ0n) is 10.4. The predicted molar refractivity (Wildman–Crippen MR) is 65.2 cm³/mol. The van der Waals surface area contributed by atoms with E-state index in [2.05, 4.69) is 12.2 Å². The average molecular weight is 254 g/mol. The Kier molecular flexibility index (Phi) is 4.33. The molecule has 1 aliphatic rings. The highest BCUT2D eigenvalue weighted by molar-refractivity contribution is 5.17. The first-order valence-electron chi connectivity index (χ1n) is 6.21. The Bertz CT molecular complexity index is 399. The molecule has 0 aromatic carbocycles. The van der Waals surface area contributed by atoms with Crippen LogP contribution in [0.25, 0.3) is 0 Å². The van der Waals surface area contributed by atoms with Crippen molar-refractivity contribution in [3.8, 4) is 0 Å². The van der Waals surface area contributed by atoms with Crippen LogP contribution in [0, 0.1) is 16.0 Å². The van der Waals surface area contributed by atoms with E-state index < -0.39 is 4.92 Å². The zero-order chi connectivity index (χ0) is 13.0. The lowest BCUT2D eigenvalue weighted by atomic mass is 9.93. The predicted octanol–water partition coefficient (Wildman–Crippen LogP) is 2.09. The van der Waals surface area contributed by atoms with Crippen LogP contribution >= 0.6 is 0 Å². The fourth-order valence-electron chi connectivity index (χ4n) is 2.20. The second-order valence-corrected chi connectivity index (χ2v) is 4.62. The monoisotopic (exact) mass is 254 g/mol. The van der Waals surface area contributed by atoms with Gasteiger partial charge in [0.2, 0.25) is 0 Å². The van der Waals surface area contributed by atoms with Crippen molar-refractivity contribution in [1.29, 1.82) is 0 Å². The van der Waals surface area contributed by atoms with E-state index in [0.29, 0.717) is 24.3 Å². The Labute approximate surface area is 105 Å². The Morgan fingerprint density at radius 3 is 2.83 bits per heavy atom. The number of ether oxygens (including phenoxy) is 1. The first-order chi connectivity index (χ1) is 8.66. The summed E-state index contributed by atoms with van der Waals surface area (Å²) in [5.74, 6) is 0.995. The van der Waals surface area contributed by atoms with Gasteiger partial charge in [0.05, 0.1) is 12.6 Å². The smallest absolute Gasteiger partial charge is 0.404 e. The molecule has 6 heteroatoms. The van der Waals surface area contributed by atoms with Crippen molar-refractivity contribution >= 4 is 5.88 Å². The molecule has 1 saturated heterocycles. The van der Waals surface area contributed by atoms with Crippen LogP contribution in [0.4, 0.5) is 5.88 Å². The fourth-order valence-corrected chi connectivity index (χ4v) is 2.20. The van der Waals surface area contributed by atoms with Gasteiger partial charge in [-0.2, -0.15) is 0 Å². The molecule has 1 N–H and O–H groups in total. The molecule has 0 saturated carbocycles. The Morgan fingerprint density at radius 2 is 2.22 bits per heavy atom. The number of hydrogen-bond donors (Lipinski definition) is 1. The molecule has 100 valence electrons. The molecule has 0 spiro atoms. The van der Waals surface area contributed by atoms with Gasteiger partial charge in [0.1, 0.15) is 10.7 Å². The van der Waals surface area contributed by atoms with Gasteiger partial charge in [-0.3, -0.25) is 10.1 Å². The van der Waals surface area contributed by atoms with Crippen molar-refractivity contribution < 1.29 is 14.1 Å². The normalized spacial score (nSPS) is 18.7. The summed E-state index contributed by atoms with van der Waals surface area (Å²) in [6.07, 6.45) is 2.12. The third-order valence-electron chi connectivity index (χ3n) is 3.40. The molecule has 1 unspecified atom stereocenters. The van der Waals surface area contributed by atoms with Crippen LogP contribution in [0.3, 0.4) is 0 Å². The summed E-state index contributed by atoms with van der Waals surface area (Å²) in [7, 11) is 0. The molecular weight excluding hydrogens is 236 g/mol. The van der Waals surface area contributed by atoms with Crippen molar-refractivity contribution in [2.24, 2.45) is 5.92 Å². The Hall–Kier alpha value is -1.40. The van der Waals surface area contributed by atoms with Crippen LogP contribution in [-0.2, 0) is 11.3 Å². The molecule has 0 bridgehead atoms. The van der Waals surface area contributed by atoms with Crippen LogP contribution in [0.15, 0.2) is 16.5 Å². The quantitative estimate of drug-likeness (QED) is 0.643. The second kappa shape index (κ2) is 5.97. The van der Waals surface area contributed by atoms with Crippen LogP contribution < -0.4 is 5.32 Å². The number of nitrogens with zero attached hydrogens (tertiary/aromatic N) is 1. The number of nitrogens with one attached hydrogen (secondary N) is 1. The number of rotatable bonds is 5. The summed E-state index contributed by atoms with van der Waals surface area (Å²) in [5, 5.41) is 13.8. The van der Waals surface area contributed by atoms with E-state index in [1.54, 1.807) is 6.07 Å².